The number of nitrogens with zero attached hydrogens (tertiary/aromatic N) is 2. The van der Waals surface area contributed by atoms with Crippen molar-refractivity contribution in [1.29, 1.82) is 0 Å². The minimum absolute atomic E-state index is 0.0837. The molecular weight excluding hydrogens is 405 g/mol. The van der Waals surface area contributed by atoms with E-state index in [1.165, 1.54) is 10.7 Å². The molecule has 5 nitrogen and oxygen atoms in total. The van der Waals surface area contributed by atoms with Crippen LogP contribution < -0.4 is 4.72 Å². The molecular formula is C10H8Br2FN3O2S. The Morgan fingerprint density at radius 3 is 2.37 bits per heavy atom. The summed E-state index contributed by atoms with van der Waals surface area (Å²) in [4.78, 5) is -0.0837. The number of aromatic nitrogens is 2. The topological polar surface area (TPSA) is 64.0 Å². The monoisotopic (exact) mass is 411 g/mol. The molecule has 0 aliphatic rings. The van der Waals surface area contributed by atoms with Crippen molar-refractivity contribution in [1.82, 2.24) is 9.78 Å². The van der Waals surface area contributed by atoms with Gasteiger partial charge in [0, 0.05) is 28.3 Å². The number of hydrogen-bond donors (Lipinski definition) is 1. The lowest BCUT2D eigenvalue weighted by Gasteiger charge is -2.09. The summed E-state index contributed by atoms with van der Waals surface area (Å²) in [5, 5.41) is 3.92. The van der Waals surface area contributed by atoms with E-state index in [-0.39, 0.29) is 19.7 Å². The van der Waals surface area contributed by atoms with Crippen LogP contribution in [0.2, 0.25) is 0 Å². The van der Waals surface area contributed by atoms with Gasteiger partial charge in [-0.1, -0.05) is 0 Å². The maximum absolute atomic E-state index is 13.1. The van der Waals surface area contributed by atoms with E-state index in [1.54, 1.807) is 13.2 Å². The molecule has 0 radical (unpaired) electrons. The minimum Gasteiger partial charge on any atom is -0.274 e. The van der Waals surface area contributed by atoms with Crippen molar-refractivity contribution in [3.8, 4) is 0 Å². The van der Waals surface area contributed by atoms with Gasteiger partial charge in [-0.05, 0) is 44.0 Å². The lowest BCUT2D eigenvalue weighted by atomic mass is 10.3. The number of nitrogens with one attached hydrogen (secondary N) is 1. The van der Waals surface area contributed by atoms with Crippen LogP contribution in [-0.2, 0) is 17.1 Å². The van der Waals surface area contributed by atoms with Gasteiger partial charge in [-0.25, -0.2) is 12.8 Å². The van der Waals surface area contributed by atoms with Crippen molar-refractivity contribution < 1.29 is 12.8 Å². The zero-order valence-electron chi connectivity index (χ0n) is 9.56. The van der Waals surface area contributed by atoms with E-state index in [9.17, 15) is 12.8 Å². The number of aryl methyl sites for hydroxylation is 1. The lowest BCUT2D eigenvalue weighted by Crippen LogP contribution is -2.15. The van der Waals surface area contributed by atoms with Crippen LogP contribution in [0.25, 0.3) is 0 Å². The Bertz CT molecular complexity index is 707. The van der Waals surface area contributed by atoms with Gasteiger partial charge in [-0.15, -0.1) is 0 Å². The highest BCUT2D eigenvalue weighted by Crippen LogP contribution is 2.32. The van der Waals surface area contributed by atoms with Crippen molar-refractivity contribution in [2.75, 3.05) is 4.72 Å². The molecule has 0 spiro atoms. The molecule has 0 bridgehead atoms. The van der Waals surface area contributed by atoms with Crippen molar-refractivity contribution in [2.45, 2.75) is 4.90 Å². The van der Waals surface area contributed by atoms with Crippen LogP contribution in [0.1, 0.15) is 0 Å². The fourth-order valence-corrected chi connectivity index (χ4v) is 4.97. The van der Waals surface area contributed by atoms with E-state index >= 15 is 0 Å². The maximum Gasteiger partial charge on any atom is 0.265 e. The van der Waals surface area contributed by atoms with Crippen molar-refractivity contribution in [3.05, 3.63) is 39.2 Å². The van der Waals surface area contributed by atoms with E-state index in [1.807, 2.05) is 0 Å². The largest absolute Gasteiger partial charge is 0.274 e. The molecule has 19 heavy (non-hydrogen) atoms. The Hall–Kier alpha value is -0.930. The molecule has 2 aromatic rings. The van der Waals surface area contributed by atoms with Crippen molar-refractivity contribution in [2.24, 2.45) is 7.05 Å². The minimum atomic E-state index is -3.86. The van der Waals surface area contributed by atoms with Gasteiger partial charge in [-0.3, -0.25) is 9.40 Å². The van der Waals surface area contributed by atoms with Gasteiger partial charge in [0.1, 0.15) is 10.7 Å². The van der Waals surface area contributed by atoms with Crippen molar-refractivity contribution >= 4 is 47.7 Å². The summed E-state index contributed by atoms with van der Waals surface area (Å²) in [6.45, 7) is 0. The third kappa shape index (κ3) is 3.15. The third-order valence-corrected chi connectivity index (χ3v) is 5.42. The smallest absolute Gasteiger partial charge is 0.265 e. The first-order valence-corrected chi connectivity index (χ1v) is 8.03. The molecule has 0 aliphatic carbocycles. The summed E-state index contributed by atoms with van der Waals surface area (Å²) in [7, 11) is -2.20. The summed E-state index contributed by atoms with van der Waals surface area (Å²) in [5.41, 5.74) is 0. The van der Waals surface area contributed by atoms with E-state index in [2.05, 4.69) is 41.7 Å². The summed E-state index contributed by atoms with van der Waals surface area (Å²) in [5.74, 6) is -0.360. The first kappa shape index (κ1) is 14.5. The average molecular weight is 413 g/mol. The molecule has 0 fully saturated rings. The highest BCUT2D eigenvalue weighted by molar-refractivity contribution is 9.11. The molecule has 9 heteroatoms. The second-order valence-electron chi connectivity index (χ2n) is 3.68. The Balaban J connectivity index is 2.45. The van der Waals surface area contributed by atoms with Gasteiger partial charge in [0.25, 0.3) is 10.0 Å². The fourth-order valence-electron chi connectivity index (χ4n) is 1.44. The Labute approximate surface area is 126 Å². The molecule has 1 heterocycles. The van der Waals surface area contributed by atoms with Gasteiger partial charge < -0.3 is 0 Å². The predicted molar refractivity (Wildman–Crippen MR) is 75.8 cm³/mol. The maximum atomic E-state index is 13.1. The summed E-state index contributed by atoms with van der Waals surface area (Å²) in [6.07, 6.45) is 1.60. The molecule has 0 unspecified atom stereocenters. The van der Waals surface area contributed by atoms with Crippen LogP contribution in [0, 0.1) is 5.82 Å². The third-order valence-electron chi connectivity index (χ3n) is 2.18. The Morgan fingerprint density at radius 2 is 1.89 bits per heavy atom. The highest BCUT2D eigenvalue weighted by atomic mass is 79.9. The van der Waals surface area contributed by atoms with Crippen LogP contribution in [-0.4, -0.2) is 18.2 Å². The van der Waals surface area contributed by atoms with Gasteiger partial charge in [0.15, 0.2) is 5.82 Å². The normalized spacial score (nSPS) is 11.6. The zero-order chi connectivity index (χ0) is 14.2. The average Bonchev–Trinajstić information content (AvgIpc) is 2.60. The quantitative estimate of drug-likeness (QED) is 0.842. The standard InChI is InChI=1S/C10H8Br2FN3O2S/c1-16-3-2-9(14-16)15-19(17,18)10-7(11)4-6(13)5-8(10)12/h2-5H,1H3,(H,14,15). The molecule has 1 aromatic carbocycles. The van der Waals surface area contributed by atoms with Crippen molar-refractivity contribution in [3.63, 3.8) is 0 Å². The number of anilines is 1. The van der Waals surface area contributed by atoms with Gasteiger partial charge in [-0.2, -0.15) is 5.10 Å². The predicted octanol–water partition coefficient (Wildman–Crippen LogP) is 2.89. The molecule has 1 aromatic heterocycles. The SMILES string of the molecule is Cn1ccc(NS(=O)(=O)c2c(Br)cc(F)cc2Br)n1. The van der Waals surface area contributed by atoms with E-state index in [0.29, 0.717) is 0 Å². The van der Waals surface area contributed by atoms with Crippen LogP contribution in [0.15, 0.2) is 38.2 Å². The first-order valence-electron chi connectivity index (χ1n) is 4.96. The Morgan fingerprint density at radius 1 is 1.32 bits per heavy atom. The summed E-state index contributed by atoms with van der Waals surface area (Å²) in [6, 6.07) is 3.68. The van der Waals surface area contributed by atoms with E-state index in [0.717, 1.165) is 12.1 Å². The lowest BCUT2D eigenvalue weighted by molar-refractivity contribution is 0.597. The molecule has 0 aliphatic heterocycles. The number of hydrogen-bond acceptors (Lipinski definition) is 3. The number of sulfonamides is 1. The van der Waals surface area contributed by atoms with Gasteiger partial charge in [0.05, 0.1) is 0 Å². The molecule has 1 N–H and O–H groups in total. The molecule has 0 atom stereocenters. The highest BCUT2D eigenvalue weighted by Gasteiger charge is 2.23. The second kappa shape index (κ2) is 5.22. The molecule has 2 rings (SSSR count). The van der Waals surface area contributed by atoms with Gasteiger partial charge in [0.2, 0.25) is 0 Å². The van der Waals surface area contributed by atoms with E-state index < -0.39 is 15.8 Å². The van der Waals surface area contributed by atoms with Crippen LogP contribution >= 0.6 is 31.9 Å². The molecule has 0 saturated carbocycles. The summed E-state index contributed by atoms with van der Waals surface area (Å²) >= 11 is 6.08. The zero-order valence-corrected chi connectivity index (χ0v) is 13.6. The van der Waals surface area contributed by atoms with Gasteiger partial charge >= 0.3 is 0 Å². The first-order chi connectivity index (χ1) is 8.79. The van der Waals surface area contributed by atoms with Crippen LogP contribution in [0.4, 0.5) is 10.2 Å². The summed E-state index contributed by atoms with van der Waals surface area (Å²) < 4.78 is 41.6. The van der Waals surface area contributed by atoms with E-state index in [4.69, 9.17) is 0 Å². The second-order valence-corrected chi connectivity index (χ2v) is 7.01. The molecule has 102 valence electrons. The fraction of sp³-hybridized carbons (Fsp3) is 0.100. The van der Waals surface area contributed by atoms with Crippen LogP contribution in [0.3, 0.4) is 0 Å². The Kier molecular flexibility index (Phi) is 3.98. The molecule has 0 amide bonds. The van der Waals surface area contributed by atoms with Crippen LogP contribution in [0.5, 0.6) is 0 Å². The number of halogens is 3. The number of benzene rings is 1. The number of rotatable bonds is 3. The molecule has 0 saturated heterocycles.